The minimum atomic E-state index is -0.258. The highest BCUT2D eigenvalue weighted by Gasteiger charge is 2.31. The largest absolute Gasteiger partial charge is 0.487 e. The Morgan fingerprint density at radius 2 is 2.10 bits per heavy atom. The van der Waals surface area contributed by atoms with Crippen LogP contribution >= 0.6 is 15.9 Å². The van der Waals surface area contributed by atoms with Crippen molar-refractivity contribution in [2.45, 2.75) is 32.4 Å². The van der Waals surface area contributed by atoms with Gasteiger partial charge >= 0.3 is 0 Å². The van der Waals surface area contributed by atoms with E-state index in [-0.39, 0.29) is 11.4 Å². The first-order valence-electron chi connectivity index (χ1n) is 6.93. The molecule has 1 aliphatic heterocycles. The molecule has 110 valence electrons. The average molecular weight is 350 g/mol. The number of halogens is 2. The van der Waals surface area contributed by atoms with Crippen LogP contribution in [0.5, 0.6) is 5.75 Å². The predicted octanol–water partition coefficient (Wildman–Crippen LogP) is 4.91. The van der Waals surface area contributed by atoms with Gasteiger partial charge in [0, 0.05) is 24.2 Å². The molecule has 0 spiro atoms. The van der Waals surface area contributed by atoms with E-state index in [4.69, 9.17) is 4.74 Å². The second-order valence-corrected chi connectivity index (χ2v) is 6.78. The smallest absolute Gasteiger partial charge is 0.137 e. The first kappa shape index (κ1) is 14.4. The second kappa shape index (κ2) is 5.34. The van der Waals surface area contributed by atoms with Crippen LogP contribution in [-0.2, 0) is 13.0 Å². The lowest BCUT2D eigenvalue weighted by molar-refractivity contribution is 0.137. The number of nitrogens with one attached hydrogen (secondary N) is 1. The lowest BCUT2D eigenvalue weighted by atomic mass is 10.0. The molecule has 0 radical (unpaired) electrons. The molecule has 21 heavy (non-hydrogen) atoms. The van der Waals surface area contributed by atoms with Crippen molar-refractivity contribution >= 4 is 21.6 Å². The average Bonchev–Trinajstić information content (AvgIpc) is 2.74. The normalized spacial score (nSPS) is 15.4. The van der Waals surface area contributed by atoms with Crippen molar-refractivity contribution in [2.75, 3.05) is 5.32 Å². The van der Waals surface area contributed by atoms with E-state index in [0.717, 1.165) is 23.4 Å². The summed E-state index contributed by atoms with van der Waals surface area (Å²) in [6.07, 6.45) is 0.929. The molecule has 0 fully saturated rings. The topological polar surface area (TPSA) is 21.3 Å². The molecule has 0 aromatic heterocycles. The summed E-state index contributed by atoms with van der Waals surface area (Å²) in [5.74, 6) is 0.724. The van der Waals surface area contributed by atoms with Crippen molar-refractivity contribution < 1.29 is 9.13 Å². The molecule has 2 nitrogen and oxygen atoms in total. The van der Waals surface area contributed by atoms with E-state index in [1.165, 1.54) is 11.6 Å². The van der Waals surface area contributed by atoms with E-state index in [9.17, 15) is 4.39 Å². The Kier molecular flexibility index (Phi) is 3.66. The van der Waals surface area contributed by atoms with Gasteiger partial charge in [-0.1, -0.05) is 18.2 Å². The van der Waals surface area contributed by atoms with Gasteiger partial charge in [0.25, 0.3) is 0 Å². The molecule has 1 heterocycles. The van der Waals surface area contributed by atoms with Crippen molar-refractivity contribution in [3.8, 4) is 5.75 Å². The molecule has 1 aliphatic rings. The van der Waals surface area contributed by atoms with E-state index in [0.29, 0.717) is 11.0 Å². The van der Waals surface area contributed by atoms with Crippen LogP contribution < -0.4 is 10.1 Å². The van der Waals surface area contributed by atoms with Gasteiger partial charge in [-0.25, -0.2) is 4.39 Å². The number of fused-ring (bicyclic) bond motifs is 1. The summed E-state index contributed by atoms with van der Waals surface area (Å²) in [5, 5.41) is 3.31. The molecule has 0 amide bonds. The highest BCUT2D eigenvalue weighted by Crippen LogP contribution is 2.37. The van der Waals surface area contributed by atoms with Crippen LogP contribution in [0.4, 0.5) is 10.1 Å². The SMILES string of the molecule is CC1(C)Cc2cccc(CNc3ccc(F)c(Br)c3)c2O1. The maximum Gasteiger partial charge on any atom is 0.137 e. The van der Waals surface area contributed by atoms with E-state index in [1.807, 2.05) is 0 Å². The molecular formula is C17H17BrFNO. The lowest BCUT2D eigenvalue weighted by Gasteiger charge is -2.18. The van der Waals surface area contributed by atoms with Crippen LogP contribution in [0, 0.1) is 5.82 Å². The van der Waals surface area contributed by atoms with Crippen LogP contribution in [0.2, 0.25) is 0 Å². The van der Waals surface area contributed by atoms with E-state index < -0.39 is 0 Å². The van der Waals surface area contributed by atoms with Crippen LogP contribution in [0.25, 0.3) is 0 Å². The van der Waals surface area contributed by atoms with Crippen LogP contribution in [0.15, 0.2) is 40.9 Å². The molecule has 0 atom stereocenters. The number of anilines is 1. The van der Waals surface area contributed by atoms with Crippen LogP contribution in [-0.4, -0.2) is 5.60 Å². The monoisotopic (exact) mass is 349 g/mol. The van der Waals surface area contributed by atoms with Gasteiger partial charge in [0.15, 0.2) is 0 Å². The number of benzene rings is 2. The second-order valence-electron chi connectivity index (χ2n) is 5.93. The van der Waals surface area contributed by atoms with Crippen molar-refractivity contribution in [1.82, 2.24) is 0 Å². The molecular weight excluding hydrogens is 333 g/mol. The Morgan fingerprint density at radius 1 is 1.29 bits per heavy atom. The summed E-state index contributed by atoms with van der Waals surface area (Å²) in [5.41, 5.74) is 3.10. The van der Waals surface area contributed by atoms with Gasteiger partial charge in [0.1, 0.15) is 17.2 Å². The fourth-order valence-electron chi connectivity index (χ4n) is 2.62. The molecule has 0 saturated carbocycles. The third-order valence-corrected chi connectivity index (χ3v) is 4.18. The van der Waals surface area contributed by atoms with Gasteiger partial charge in [-0.05, 0) is 53.5 Å². The minimum absolute atomic E-state index is 0.142. The molecule has 0 bridgehead atoms. The van der Waals surface area contributed by atoms with Gasteiger partial charge in [0.2, 0.25) is 0 Å². The van der Waals surface area contributed by atoms with Crippen molar-refractivity contribution in [1.29, 1.82) is 0 Å². The predicted molar refractivity (Wildman–Crippen MR) is 86.3 cm³/mol. The number of ether oxygens (including phenoxy) is 1. The summed E-state index contributed by atoms with van der Waals surface area (Å²) < 4.78 is 19.7. The van der Waals surface area contributed by atoms with Crippen LogP contribution in [0.1, 0.15) is 25.0 Å². The quantitative estimate of drug-likeness (QED) is 0.849. The molecule has 4 heteroatoms. The van der Waals surface area contributed by atoms with Gasteiger partial charge in [-0.15, -0.1) is 0 Å². The number of hydrogen-bond acceptors (Lipinski definition) is 2. The Bertz CT molecular complexity index is 684. The van der Waals surface area contributed by atoms with Crippen molar-refractivity contribution in [2.24, 2.45) is 0 Å². The van der Waals surface area contributed by atoms with E-state index in [2.05, 4.69) is 53.3 Å². The fourth-order valence-corrected chi connectivity index (χ4v) is 3.00. The first-order chi connectivity index (χ1) is 9.94. The van der Waals surface area contributed by atoms with E-state index >= 15 is 0 Å². The lowest BCUT2D eigenvalue weighted by Crippen LogP contribution is -2.25. The number of rotatable bonds is 3. The zero-order chi connectivity index (χ0) is 15.0. The maximum atomic E-state index is 13.2. The molecule has 2 aromatic carbocycles. The molecule has 1 N–H and O–H groups in total. The standard InChI is InChI=1S/C17H17BrFNO/c1-17(2)9-11-4-3-5-12(16(11)21-17)10-20-13-6-7-15(19)14(18)8-13/h3-8,20H,9-10H2,1-2H3. The third-order valence-electron chi connectivity index (χ3n) is 3.58. The Balaban J connectivity index is 1.78. The molecule has 0 aliphatic carbocycles. The number of para-hydroxylation sites is 1. The van der Waals surface area contributed by atoms with Gasteiger partial charge in [-0.3, -0.25) is 0 Å². The highest BCUT2D eigenvalue weighted by molar-refractivity contribution is 9.10. The van der Waals surface area contributed by atoms with Crippen molar-refractivity contribution in [3.05, 3.63) is 57.8 Å². The Hall–Kier alpha value is -1.55. The Labute approximate surface area is 132 Å². The zero-order valence-electron chi connectivity index (χ0n) is 12.0. The van der Waals surface area contributed by atoms with Gasteiger partial charge in [-0.2, -0.15) is 0 Å². The summed E-state index contributed by atoms with van der Waals surface area (Å²) in [7, 11) is 0. The summed E-state index contributed by atoms with van der Waals surface area (Å²) >= 11 is 3.20. The maximum absolute atomic E-state index is 13.2. The third kappa shape index (κ3) is 3.05. The highest BCUT2D eigenvalue weighted by atomic mass is 79.9. The molecule has 2 aromatic rings. The fraction of sp³-hybridized carbons (Fsp3) is 0.294. The summed E-state index contributed by atoms with van der Waals surface area (Å²) in [6.45, 7) is 4.85. The minimum Gasteiger partial charge on any atom is -0.487 e. The Morgan fingerprint density at radius 3 is 2.86 bits per heavy atom. The molecule has 0 unspecified atom stereocenters. The number of hydrogen-bond donors (Lipinski definition) is 1. The molecule has 3 rings (SSSR count). The van der Waals surface area contributed by atoms with Gasteiger partial charge in [0.05, 0.1) is 4.47 Å². The van der Waals surface area contributed by atoms with E-state index in [1.54, 1.807) is 12.1 Å². The van der Waals surface area contributed by atoms with Crippen LogP contribution in [0.3, 0.4) is 0 Å². The van der Waals surface area contributed by atoms with Crippen molar-refractivity contribution in [3.63, 3.8) is 0 Å². The summed E-state index contributed by atoms with van der Waals surface area (Å²) in [4.78, 5) is 0. The zero-order valence-corrected chi connectivity index (χ0v) is 13.6. The van der Waals surface area contributed by atoms with Gasteiger partial charge < -0.3 is 10.1 Å². The summed E-state index contributed by atoms with van der Waals surface area (Å²) in [6, 6.07) is 11.1. The molecule has 0 saturated heterocycles. The first-order valence-corrected chi connectivity index (χ1v) is 7.73.